The van der Waals surface area contributed by atoms with Crippen molar-refractivity contribution in [3.63, 3.8) is 0 Å². The highest BCUT2D eigenvalue weighted by Gasteiger charge is 2.13. The van der Waals surface area contributed by atoms with Crippen LogP contribution >= 0.6 is 11.3 Å². The van der Waals surface area contributed by atoms with Crippen LogP contribution in [0.1, 0.15) is 48.7 Å². The molecule has 0 atom stereocenters. The lowest BCUT2D eigenvalue weighted by atomic mass is 9.98. The molecule has 0 bridgehead atoms. The van der Waals surface area contributed by atoms with Gasteiger partial charge in [0.25, 0.3) is 0 Å². The average Bonchev–Trinajstić information content (AvgIpc) is 3.20. The molecule has 0 fully saturated rings. The SMILES string of the molecule is COc1cc(/C=C/c2nc3cc(C)c(C)cc3s2)ccc1OCC(=O)c1cc(C)c(C)cc1C. The Morgan fingerprint density at radius 2 is 1.56 bits per heavy atom. The normalized spacial score (nSPS) is 11.4. The quantitative estimate of drug-likeness (QED) is 0.266. The maximum atomic E-state index is 12.8. The van der Waals surface area contributed by atoms with Crippen LogP contribution in [0.4, 0.5) is 0 Å². The number of ketones is 1. The Hall–Kier alpha value is -3.44. The van der Waals surface area contributed by atoms with E-state index in [2.05, 4.69) is 26.0 Å². The van der Waals surface area contributed by atoms with Crippen LogP contribution in [-0.2, 0) is 0 Å². The van der Waals surface area contributed by atoms with Gasteiger partial charge in [0, 0.05) is 5.56 Å². The van der Waals surface area contributed by atoms with Crippen LogP contribution in [0, 0.1) is 34.6 Å². The highest BCUT2D eigenvalue weighted by Crippen LogP contribution is 2.30. The number of methoxy groups -OCH3 is 1. The second-order valence-corrected chi connectivity index (χ2v) is 9.73. The summed E-state index contributed by atoms with van der Waals surface area (Å²) in [6.45, 7) is 10.2. The molecule has 0 aliphatic heterocycles. The van der Waals surface area contributed by atoms with E-state index < -0.39 is 0 Å². The number of rotatable bonds is 7. The molecule has 174 valence electrons. The zero-order valence-corrected chi connectivity index (χ0v) is 21.3. The predicted molar refractivity (Wildman–Crippen MR) is 141 cm³/mol. The molecule has 0 amide bonds. The number of hydrogen-bond acceptors (Lipinski definition) is 5. The maximum Gasteiger partial charge on any atom is 0.200 e. The van der Waals surface area contributed by atoms with Crippen molar-refractivity contribution in [2.45, 2.75) is 34.6 Å². The lowest BCUT2D eigenvalue weighted by Crippen LogP contribution is -2.14. The van der Waals surface area contributed by atoms with Gasteiger partial charge in [-0.15, -0.1) is 11.3 Å². The molecule has 0 saturated heterocycles. The summed E-state index contributed by atoms with van der Waals surface area (Å²) in [6, 6.07) is 14.0. The minimum absolute atomic E-state index is 0.0422. The van der Waals surface area contributed by atoms with Crippen molar-refractivity contribution in [2.75, 3.05) is 13.7 Å². The van der Waals surface area contributed by atoms with Gasteiger partial charge >= 0.3 is 0 Å². The van der Waals surface area contributed by atoms with Gasteiger partial charge in [0.2, 0.25) is 0 Å². The van der Waals surface area contributed by atoms with E-state index in [9.17, 15) is 4.79 Å². The first kappa shape index (κ1) is 23.7. The second-order valence-electron chi connectivity index (χ2n) is 8.66. The van der Waals surface area contributed by atoms with Gasteiger partial charge < -0.3 is 9.47 Å². The Labute approximate surface area is 204 Å². The van der Waals surface area contributed by atoms with Crippen molar-refractivity contribution in [1.29, 1.82) is 0 Å². The molecular weight excluding hydrogens is 442 g/mol. The molecule has 34 heavy (non-hydrogen) atoms. The number of Topliss-reactive ketones (excluding diaryl/α,β-unsaturated/α-hetero) is 1. The van der Waals surface area contributed by atoms with E-state index in [0.717, 1.165) is 27.2 Å². The van der Waals surface area contributed by atoms with Gasteiger partial charge in [0.1, 0.15) is 5.01 Å². The molecular formula is C29H29NO3S. The average molecular weight is 472 g/mol. The zero-order chi connectivity index (χ0) is 24.4. The van der Waals surface area contributed by atoms with Gasteiger partial charge in [0.15, 0.2) is 23.9 Å². The van der Waals surface area contributed by atoms with E-state index >= 15 is 0 Å². The highest BCUT2D eigenvalue weighted by atomic mass is 32.1. The van der Waals surface area contributed by atoms with E-state index in [4.69, 9.17) is 14.5 Å². The third-order valence-corrected chi connectivity index (χ3v) is 7.11. The molecule has 0 aliphatic rings. The fourth-order valence-electron chi connectivity index (χ4n) is 3.83. The fraction of sp³-hybridized carbons (Fsp3) is 0.241. The second kappa shape index (κ2) is 9.82. The van der Waals surface area contributed by atoms with Gasteiger partial charge in [0.05, 0.1) is 17.3 Å². The number of nitrogens with zero attached hydrogens (tertiary/aromatic N) is 1. The molecule has 0 radical (unpaired) electrons. The summed E-state index contributed by atoms with van der Waals surface area (Å²) in [7, 11) is 1.60. The highest BCUT2D eigenvalue weighted by molar-refractivity contribution is 7.19. The van der Waals surface area contributed by atoms with Crippen molar-refractivity contribution in [3.8, 4) is 11.5 Å². The molecule has 5 heteroatoms. The lowest BCUT2D eigenvalue weighted by Gasteiger charge is -2.12. The standard InChI is InChI=1S/C29H29NO3S/c1-17-11-21(5)23(12-18(17)2)25(31)16-33-26-9-7-22(15-27(26)32-6)8-10-29-30-24-13-19(3)20(4)14-28(24)34-29/h7-15H,16H2,1-6H3/b10-8+. The number of carbonyl (C=O) groups excluding carboxylic acids is 1. The van der Waals surface area contributed by atoms with Crippen molar-refractivity contribution in [1.82, 2.24) is 4.98 Å². The molecule has 3 aromatic carbocycles. The first-order valence-electron chi connectivity index (χ1n) is 11.2. The topological polar surface area (TPSA) is 48.4 Å². The molecule has 4 rings (SSSR count). The van der Waals surface area contributed by atoms with Gasteiger partial charge in [-0.25, -0.2) is 4.98 Å². The molecule has 4 aromatic rings. The maximum absolute atomic E-state index is 12.8. The summed E-state index contributed by atoms with van der Waals surface area (Å²) in [5.41, 5.74) is 8.45. The number of benzene rings is 3. The number of aromatic nitrogens is 1. The van der Waals surface area contributed by atoms with Crippen LogP contribution in [0.25, 0.3) is 22.4 Å². The lowest BCUT2D eigenvalue weighted by molar-refractivity contribution is 0.0919. The zero-order valence-electron chi connectivity index (χ0n) is 20.5. The molecule has 0 spiro atoms. The fourth-order valence-corrected chi connectivity index (χ4v) is 4.78. The van der Waals surface area contributed by atoms with Crippen molar-refractivity contribution in [3.05, 3.63) is 86.4 Å². The Morgan fingerprint density at radius 1 is 0.853 bits per heavy atom. The van der Waals surface area contributed by atoms with Gasteiger partial charge in [-0.2, -0.15) is 0 Å². The molecule has 1 aromatic heterocycles. The first-order valence-corrected chi connectivity index (χ1v) is 12.0. The molecule has 0 saturated carbocycles. The smallest absolute Gasteiger partial charge is 0.200 e. The molecule has 4 nitrogen and oxygen atoms in total. The molecule has 1 heterocycles. The van der Waals surface area contributed by atoms with Gasteiger partial charge in [-0.05, 0) is 104 Å². The van der Waals surface area contributed by atoms with E-state index in [0.29, 0.717) is 17.1 Å². The summed E-state index contributed by atoms with van der Waals surface area (Å²) in [4.78, 5) is 17.5. The Morgan fingerprint density at radius 3 is 2.32 bits per heavy atom. The number of fused-ring (bicyclic) bond motifs is 1. The van der Waals surface area contributed by atoms with Crippen LogP contribution in [0.5, 0.6) is 11.5 Å². The van der Waals surface area contributed by atoms with Gasteiger partial charge in [-0.1, -0.05) is 18.2 Å². The Balaban J connectivity index is 1.48. The van der Waals surface area contributed by atoms with E-state index in [1.54, 1.807) is 18.4 Å². The number of carbonyl (C=O) groups is 1. The third kappa shape index (κ3) is 5.05. The van der Waals surface area contributed by atoms with E-state index in [1.807, 2.05) is 63.3 Å². The van der Waals surface area contributed by atoms with Crippen LogP contribution in [0.15, 0.2) is 42.5 Å². The number of aryl methyl sites for hydroxylation is 5. The monoisotopic (exact) mass is 471 g/mol. The molecule has 0 unspecified atom stereocenters. The van der Waals surface area contributed by atoms with Crippen LogP contribution in [0.3, 0.4) is 0 Å². The van der Waals surface area contributed by atoms with Crippen molar-refractivity contribution in [2.24, 2.45) is 0 Å². The van der Waals surface area contributed by atoms with E-state index in [1.165, 1.54) is 21.4 Å². The summed E-state index contributed by atoms with van der Waals surface area (Å²) in [6.07, 6.45) is 4.02. The van der Waals surface area contributed by atoms with Crippen molar-refractivity contribution < 1.29 is 14.3 Å². The van der Waals surface area contributed by atoms with Crippen LogP contribution < -0.4 is 9.47 Å². The largest absolute Gasteiger partial charge is 0.493 e. The predicted octanol–water partition coefficient (Wildman–Crippen LogP) is 7.28. The number of hydrogen-bond donors (Lipinski definition) is 0. The summed E-state index contributed by atoms with van der Waals surface area (Å²) < 4.78 is 12.6. The van der Waals surface area contributed by atoms with Crippen LogP contribution in [-0.4, -0.2) is 24.5 Å². The summed E-state index contributed by atoms with van der Waals surface area (Å²) >= 11 is 1.67. The van der Waals surface area contributed by atoms with Gasteiger partial charge in [-0.3, -0.25) is 4.79 Å². The summed E-state index contributed by atoms with van der Waals surface area (Å²) in [5.74, 6) is 1.08. The number of ether oxygens (including phenoxy) is 2. The van der Waals surface area contributed by atoms with Crippen molar-refractivity contribution >= 4 is 39.5 Å². The first-order chi connectivity index (χ1) is 16.2. The molecule has 0 N–H and O–H groups in total. The van der Waals surface area contributed by atoms with Crippen LogP contribution in [0.2, 0.25) is 0 Å². The minimum Gasteiger partial charge on any atom is -0.493 e. The Kier molecular flexibility index (Phi) is 6.85. The third-order valence-electron chi connectivity index (χ3n) is 6.13. The molecule has 0 aliphatic carbocycles. The Bertz CT molecular complexity index is 1380. The summed E-state index contributed by atoms with van der Waals surface area (Å²) in [5, 5.41) is 0.952. The minimum atomic E-state index is -0.0482. The van der Waals surface area contributed by atoms with E-state index in [-0.39, 0.29) is 12.4 Å². The number of thiazole rings is 1.